The summed E-state index contributed by atoms with van der Waals surface area (Å²) in [6.07, 6.45) is -3.47. The van der Waals surface area contributed by atoms with Crippen LogP contribution in [0.4, 0.5) is 13.2 Å². The Morgan fingerprint density at radius 2 is 1.80 bits per heavy atom. The summed E-state index contributed by atoms with van der Waals surface area (Å²) in [4.78, 5) is 23.1. The van der Waals surface area contributed by atoms with Gasteiger partial charge in [-0.15, -0.1) is 0 Å². The summed E-state index contributed by atoms with van der Waals surface area (Å²) in [5.74, 6) is -4.17. The van der Waals surface area contributed by atoms with E-state index in [9.17, 15) is 22.8 Å². The van der Waals surface area contributed by atoms with Crippen LogP contribution >= 0.6 is 0 Å². The van der Waals surface area contributed by atoms with Crippen molar-refractivity contribution in [3.63, 3.8) is 0 Å². The van der Waals surface area contributed by atoms with Gasteiger partial charge in [0, 0.05) is 0 Å². The molecule has 20 heavy (non-hydrogen) atoms. The standard InChI is InChI=1S/C12H14F3NO4/c13-12(14,15)7(17)4-16-10(18)8-5-1-2-6(3-5)9(8)11(19)20/h1-2,5-9,17H,3-4H2,(H,16,18)(H,19,20)/t5?,6?,7?,8-,9+/m0/s1. The van der Waals surface area contributed by atoms with Gasteiger partial charge in [0.25, 0.3) is 0 Å². The van der Waals surface area contributed by atoms with E-state index in [2.05, 4.69) is 0 Å². The van der Waals surface area contributed by atoms with Crippen molar-refractivity contribution < 1.29 is 33.0 Å². The van der Waals surface area contributed by atoms with Crippen LogP contribution in [0.15, 0.2) is 12.2 Å². The molecule has 0 spiro atoms. The molecule has 5 atom stereocenters. The molecule has 0 saturated heterocycles. The number of hydrogen-bond acceptors (Lipinski definition) is 3. The highest BCUT2D eigenvalue weighted by atomic mass is 19.4. The van der Waals surface area contributed by atoms with Crippen molar-refractivity contribution in [2.75, 3.05) is 6.54 Å². The van der Waals surface area contributed by atoms with Gasteiger partial charge in [-0.2, -0.15) is 13.2 Å². The molecular formula is C12H14F3NO4. The van der Waals surface area contributed by atoms with Crippen LogP contribution in [-0.4, -0.2) is 40.9 Å². The summed E-state index contributed by atoms with van der Waals surface area (Å²) in [6, 6.07) is 0. The highest BCUT2D eigenvalue weighted by molar-refractivity contribution is 5.86. The number of aliphatic hydroxyl groups excluding tert-OH is 1. The van der Waals surface area contributed by atoms with Crippen LogP contribution in [0.1, 0.15) is 6.42 Å². The van der Waals surface area contributed by atoms with E-state index in [1.54, 1.807) is 12.2 Å². The van der Waals surface area contributed by atoms with E-state index in [0.717, 1.165) is 0 Å². The number of rotatable bonds is 4. The van der Waals surface area contributed by atoms with Gasteiger partial charge >= 0.3 is 12.1 Å². The lowest BCUT2D eigenvalue weighted by atomic mass is 9.82. The van der Waals surface area contributed by atoms with Crippen molar-refractivity contribution in [1.29, 1.82) is 0 Å². The van der Waals surface area contributed by atoms with Gasteiger partial charge in [-0.25, -0.2) is 0 Å². The second kappa shape index (κ2) is 5.08. The lowest BCUT2D eigenvalue weighted by Crippen LogP contribution is -2.45. The van der Waals surface area contributed by atoms with Crippen LogP contribution in [0.3, 0.4) is 0 Å². The predicted octanol–water partition coefficient (Wildman–Crippen LogP) is 0.549. The molecule has 1 saturated carbocycles. The quantitative estimate of drug-likeness (QED) is 0.661. The van der Waals surface area contributed by atoms with Gasteiger partial charge in [0.15, 0.2) is 6.10 Å². The molecule has 5 nitrogen and oxygen atoms in total. The number of amides is 1. The fourth-order valence-corrected chi connectivity index (χ4v) is 2.95. The van der Waals surface area contributed by atoms with Gasteiger partial charge in [0.05, 0.1) is 18.4 Å². The number of alkyl halides is 3. The highest BCUT2D eigenvalue weighted by Gasteiger charge is 2.51. The highest BCUT2D eigenvalue weighted by Crippen LogP contribution is 2.48. The average molecular weight is 293 g/mol. The van der Waals surface area contributed by atoms with Gasteiger partial charge in [-0.1, -0.05) is 12.2 Å². The van der Waals surface area contributed by atoms with E-state index in [1.165, 1.54) is 0 Å². The summed E-state index contributed by atoms with van der Waals surface area (Å²) < 4.78 is 36.4. The van der Waals surface area contributed by atoms with Crippen molar-refractivity contribution in [1.82, 2.24) is 5.32 Å². The molecule has 2 aliphatic rings. The largest absolute Gasteiger partial charge is 0.481 e. The van der Waals surface area contributed by atoms with Crippen molar-refractivity contribution in [2.45, 2.75) is 18.7 Å². The van der Waals surface area contributed by atoms with E-state index in [1.807, 2.05) is 5.32 Å². The van der Waals surface area contributed by atoms with E-state index in [4.69, 9.17) is 10.2 Å². The number of nitrogens with one attached hydrogen (secondary N) is 1. The fraction of sp³-hybridized carbons (Fsp3) is 0.667. The number of carboxylic acids is 1. The Morgan fingerprint density at radius 1 is 1.25 bits per heavy atom. The Balaban J connectivity index is 1.99. The SMILES string of the molecule is O=C(O)[C@@H]1C2C=CC(C2)[C@@H]1C(=O)NCC(O)C(F)(F)F. The molecule has 2 rings (SSSR count). The maximum atomic E-state index is 12.1. The molecule has 0 aromatic heterocycles. The number of allylic oxidation sites excluding steroid dienone is 2. The van der Waals surface area contributed by atoms with Crippen molar-refractivity contribution >= 4 is 11.9 Å². The van der Waals surface area contributed by atoms with Crippen molar-refractivity contribution in [3.8, 4) is 0 Å². The lowest BCUT2D eigenvalue weighted by Gasteiger charge is -2.24. The third kappa shape index (κ3) is 2.65. The molecule has 0 heterocycles. The predicted molar refractivity (Wildman–Crippen MR) is 60.4 cm³/mol. The number of aliphatic hydroxyl groups is 1. The molecular weight excluding hydrogens is 279 g/mol. The Bertz CT molecular complexity index is 448. The molecule has 8 heteroatoms. The first-order valence-electron chi connectivity index (χ1n) is 6.15. The number of halogens is 3. The van der Waals surface area contributed by atoms with E-state index < -0.39 is 42.5 Å². The summed E-state index contributed by atoms with van der Waals surface area (Å²) in [5, 5.41) is 19.9. The minimum Gasteiger partial charge on any atom is -0.481 e. The molecule has 3 unspecified atom stereocenters. The summed E-state index contributed by atoms with van der Waals surface area (Å²) in [5.41, 5.74) is 0. The summed E-state index contributed by atoms with van der Waals surface area (Å²) in [7, 11) is 0. The molecule has 0 aliphatic heterocycles. The third-order valence-corrected chi connectivity index (χ3v) is 3.89. The molecule has 112 valence electrons. The first-order valence-corrected chi connectivity index (χ1v) is 6.15. The van der Waals surface area contributed by atoms with Gasteiger partial charge in [-0.3, -0.25) is 9.59 Å². The molecule has 0 radical (unpaired) electrons. The zero-order chi connectivity index (χ0) is 15.1. The maximum absolute atomic E-state index is 12.1. The van der Waals surface area contributed by atoms with Gasteiger partial charge in [0.1, 0.15) is 0 Å². The second-order valence-electron chi connectivity index (χ2n) is 5.14. The minimum atomic E-state index is -4.81. The van der Waals surface area contributed by atoms with Crippen molar-refractivity contribution in [3.05, 3.63) is 12.2 Å². The lowest BCUT2D eigenvalue weighted by molar-refractivity contribution is -0.202. The smallest absolute Gasteiger partial charge is 0.416 e. The molecule has 1 amide bonds. The van der Waals surface area contributed by atoms with Crippen LogP contribution in [0, 0.1) is 23.7 Å². The van der Waals surface area contributed by atoms with Crippen LogP contribution in [0.5, 0.6) is 0 Å². The van der Waals surface area contributed by atoms with E-state index in [-0.39, 0.29) is 11.8 Å². The topological polar surface area (TPSA) is 86.6 Å². The molecule has 1 fully saturated rings. The summed E-state index contributed by atoms with van der Waals surface area (Å²) >= 11 is 0. The zero-order valence-corrected chi connectivity index (χ0v) is 10.3. The van der Waals surface area contributed by atoms with E-state index in [0.29, 0.717) is 6.42 Å². The van der Waals surface area contributed by atoms with Crippen LogP contribution in [-0.2, 0) is 9.59 Å². The number of aliphatic carboxylic acids is 1. The Hall–Kier alpha value is -1.57. The number of carbonyl (C=O) groups excluding carboxylic acids is 1. The number of carboxylic acid groups (broad SMARTS) is 1. The molecule has 0 aromatic carbocycles. The first-order chi connectivity index (χ1) is 9.21. The average Bonchev–Trinajstić information content (AvgIpc) is 2.93. The van der Waals surface area contributed by atoms with Gasteiger partial charge < -0.3 is 15.5 Å². The number of fused-ring (bicyclic) bond motifs is 2. The van der Waals surface area contributed by atoms with Crippen LogP contribution in [0.2, 0.25) is 0 Å². The zero-order valence-electron chi connectivity index (χ0n) is 10.3. The van der Waals surface area contributed by atoms with Gasteiger partial charge in [-0.05, 0) is 18.3 Å². The van der Waals surface area contributed by atoms with Crippen LogP contribution in [0.25, 0.3) is 0 Å². The fourth-order valence-electron chi connectivity index (χ4n) is 2.95. The first kappa shape index (κ1) is 14.8. The molecule has 3 N–H and O–H groups in total. The summed E-state index contributed by atoms with van der Waals surface area (Å²) in [6.45, 7) is -0.966. The monoisotopic (exact) mass is 293 g/mol. The Morgan fingerprint density at radius 3 is 2.30 bits per heavy atom. The number of hydrogen-bond donors (Lipinski definition) is 3. The normalized spacial score (nSPS) is 33.2. The van der Waals surface area contributed by atoms with Crippen LogP contribution < -0.4 is 5.32 Å². The van der Waals surface area contributed by atoms with Gasteiger partial charge in [0.2, 0.25) is 5.91 Å². The molecule has 2 bridgehead atoms. The Labute approximate surface area is 112 Å². The Kier molecular flexibility index (Phi) is 3.77. The second-order valence-corrected chi connectivity index (χ2v) is 5.14. The minimum absolute atomic E-state index is 0.249. The van der Waals surface area contributed by atoms with E-state index >= 15 is 0 Å². The maximum Gasteiger partial charge on any atom is 0.416 e. The third-order valence-electron chi connectivity index (χ3n) is 3.89. The molecule has 0 aromatic rings. The molecule has 2 aliphatic carbocycles. The number of carbonyl (C=O) groups is 2. The van der Waals surface area contributed by atoms with Crippen molar-refractivity contribution in [2.24, 2.45) is 23.7 Å².